The Hall–Kier alpha value is -2.76. The second-order valence-electron chi connectivity index (χ2n) is 9.43. The molecule has 0 unspecified atom stereocenters. The molecule has 178 valence electrons. The number of nitrogens with two attached hydrogens (primary N) is 1. The number of anilines is 1. The summed E-state index contributed by atoms with van der Waals surface area (Å²) in [4.78, 5) is 16.5. The largest absolute Gasteiger partial charge is 0.416 e. The fraction of sp³-hybridized carbons (Fsp3) is 0.360. The molecule has 2 N–H and O–H groups in total. The van der Waals surface area contributed by atoms with Gasteiger partial charge in [0.15, 0.2) is 5.78 Å². The van der Waals surface area contributed by atoms with Gasteiger partial charge < -0.3 is 5.73 Å². The maximum Gasteiger partial charge on any atom is 0.416 e. The molecule has 0 spiro atoms. The van der Waals surface area contributed by atoms with Crippen molar-refractivity contribution in [1.29, 1.82) is 5.26 Å². The predicted octanol–water partition coefficient (Wildman–Crippen LogP) is 7.02. The first kappa shape index (κ1) is 24.4. The van der Waals surface area contributed by atoms with Crippen LogP contribution < -0.4 is 10.6 Å². The van der Waals surface area contributed by atoms with Crippen molar-refractivity contribution in [1.82, 2.24) is 0 Å². The zero-order valence-electron chi connectivity index (χ0n) is 18.9. The summed E-state index contributed by atoms with van der Waals surface area (Å²) in [7, 11) is 0. The first-order valence-corrected chi connectivity index (χ1v) is 12.0. The quantitative estimate of drug-likeness (QED) is 0.476. The number of carbonyl (C=O) groups excluding carboxylic acids is 1. The van der Waals surface area contributed by atoms with Gasteiger partial charge in [-0.15, -0.1) is 11.3 Å². The van der Waals surface area contributed by atoms with Crippen molar-refractivity contribution in [3.8, 4) is 6.07 Å². The molecule has 2 heterocycles. The van der Waals surface area contributed by atoms with Crippen molar-refractivity contribution in [2.24, 2.45) is 5.73 Å². The maximum atomic E-state index is 13.5. The third-order valence-corrected chi connectivity index (χ3v) is 7.97. The number of rotatable bonds is 2. The van der Waals surface area contributed by atoms with E-state index in [9.17, 15) is 23.2 Å². The summed E-state index contributed by atoms with van der Waals surface area (Å²) >= 11 is 7.85. The van der Waals surface area contributed by atoms with E-state index in [0.717, 1.165) is 28.0 Å². The number of alkyl halides is 3. The minimum atomic E-state index is -4.59. The number of nitriles is 1. The van der Waals surface area contributed by atoms with E-state index in [1.54, 1.807) is 0 Å². The number of allylic oxidation sites excluding steroid dienone is 3. The van der Waals surface area contributed by atoms with Gasteiger partial charge in [0.25, 0.3) is 0 Å². The van der Waals surface area contributed by atoms with Crippen LogP contribution in [0.1, 0.15) is 61.3 Å². The number of Topliss-reactive ketones (excluding diaryl/α,β-unsaturated/α-hetero) is 1. The molecule has 0 fully saturated rings. The van der Waals surface area contributed by atoms with Crippen LogP contribution in [0.3, 0.4) is 0 Å². The second-order valence-corrected chi connectivity index (χ2v) is 11.0. The van der Waals surface area contributed by atoms with Crippen LogP contribution in [-0.4, -0.2) is 5.78 Å². The topological polar surface area (TPSA) is 70.1 Å². The second kappa shape index (κ2) is 8.47. The third-order valence-electron chi connectivity index (χ3n) is 6.08. The van der Waals surface area contributed by atoms with Gasteiger partial charge >= 0.3 is 6.18 Å². The Bertz CT molecular complexity index is 1280. The monoisotopic (exact) mass is 505 g/mol. The molecule has 4 rings (SSSR count). The summed E-state index contributed by atoms with van der Waals surface area (Å²) in [6.45, 7) is 6.23. The van der Waals surface area contributed by atoms with Crippen LogP contribution in [0, 0.1) is 11.3 Å². The van der Waals surface area contributed by atoms with Gasteiger partial charge in [0, 0.05) is 27.4 Å². The Morgan fingerprint density at radius 3 is 2.47 bits per heavy atom. The van der Waals surface area contributed by atoms with Gasteiger partial charge in [0.1, 0.15) is 5.82 Å². The number of hydrogen-bond donors (Lipinski definition) is 1. The average molecular weight is 506 g/mol. The van der Waals surface area contributed by atoms with E-state index >= 15 is 0 Å². The highest BCUT2D eigenvalue weighted by atomic mass is 35.5. The first-order valence-electron chi connectivity index (χ1n) is 10.8. The zero-order valence-corrected chi connectivity index (χ0v) is 20.5. The molecule has 0 bridgehead atoms. The van der Waals surface area contributed by atoms with Crippen molar-refractivity contribution in [3.63, 3.8) is 0 Å². The molecular formula is C25H23ClF3N3OS. The van der Waals surface area contributed by atoms with E-state index in [4.69, 9.17) is 17.3 Å². The van der Waals surface area contributed by atoms with Gasteiger partial charge in [0.2, 0.25) is 0 Å². The number of benzene rings is 1. The van der Waals surface area contributed by atoms with Gasteiger partial charge in [-0.2, -0.15) is 18.4 Å². The van der Waals surface area contributed by atoms with Crippen LogP contribution >= 0.6 is 22.9 Å². The van der Waals surface area contributed by atoms with Crippen molar-refractivity contribution < 1.29 is 18.0 Å². The van der Waals surface area contributed by atoms with Crippen LogP contribution in [0.5, 0.6) is 0 Å². The minimum absolute atomic E-state index is 0.00366. The SMILES string of the molecule is CC(C)(C)c1ccc([C@@H]2C(C#N)=C(N)N(c3cc(C(F)(F)F)ccc3Cl)C3=C2C(=O)CCC3)s1. The van der Waals surface area contributed by atoms with Gasteiger partial charge in [-0.05, 0) is 48.6 Å². The van der Waals surface area contributed by atoms with Crippen LogP contribution in [0.25, 0.3) is 0 Å². The van der Waals surface area contributed by atoms with E-state index in [1.807, 2.05) is 12.1 Å². The molecule has 0 saturated carbocycles. The number of halogens is 4. The van der Waals surface area contributed by atoms with E-state index in [-0.39, 0.29) is 33.3 Å². The Morgan fingerprint density at radius 1 is 1.18 bits per heavy atom. The van der Waals surface area contributed by atoms with Crippen LogP contribution in [0.15, 0.2) is 53.0 Å². The standard InChI is InChI=1S/C25H23ClF3N3OS/c1-24(2,3)20-10-9-19(34-20)21-14(12-30)23(31)32(16-5-4-6-18(33)22(16)21)17-11-13(25(27,28)29)7-8-15(17)26/h7-11,21H,4-6,31H2,1-3H3/t21-/m0/s1. The Kier molecular flexibility index (Phi) is 6.07. The number of hydrogen-bond acceptors (Lipinski definition) is 5. The molecule has 1 aliphatic heterocycles. The highest BCUT2D eigenvalue weighted by Crippen LogP contribution is 2.50. The van der Waals surface area contributed by atoms with E-state index in [0.29, 0.717) is 30.5 Å². The fourth-order valence-electron chi connectivity index (χ4n) is 4.42. The molecule has 0 saturated heterocycles. The Balaban J connectivity index is 1.96. The lowest BCUT2D eigenvalue weighted by Gasteiger charge is -2.39. The van der Waals surface area contributed by atoms with Crippen molar-refractivity contribution in [2.75, 3.05) is 4.90 Å². The van der Waals surface area contributed by atoms with Crippen LogP contribution in [0.4, 0.5) is 18.9 Å². The molecule has 0 amide bonds. The van der Waals surface area contributed by atoms with E-state index in [2.05, 4.69) is 26.8 Å². The minimum Gasteiger partial charge on any atom is -0.384 e. The smallest absolute Gasteiger partial charge is 0.384 e. The van der Waals surface area contributed by atoms with Crippen molar-refractivity contribution in [2.45, 2.75) is 57.5 Å². The normalized spacial score (nSPS) is 19.4. The first-order chi connectivity index (χ1) is 15.8. The molecule has 34 heavy (non-hydrogen) atoms. The van der Waals surface area contributed by atoms with E-state index < -0.39 is 17.7 Å². The molecule has 0 radical (unpaired) electrons. The lowest BCUT2D eigenvalue weighted by atomic mass is 9.78. The summed E-state index contributed by atoms with van der Waals surface area (Å²) < 4.78 is 40.4. The van der Waals surface area contributed by atoms with Gasteiger partial charge in [-0.1, -0.05) is 32.4 Å². The lowest BCUT2D eigenvalue weighted by molar-refractivity contribution is -0.137. The molecule has 1 aromatic heterocycles. The molecule has 2 aliphatic rings. The van der Waals surface area contributed by atoms with Crippen molar-refractivity contribution in [3.05, 3.63) is 73.3 Å². The third kappa shape index (κ3) is 4.12. The Morgan fingerprint density at radius 2 is 1.88 bits per heavy atom. The van der Waals surface area contributed by atoms with Gasteiger partial charge in [-0.25, -0.2) is 0 Å². The molecule has 1 atom stereocenters. The number of thiophene rings is 1. The van der Waals surface area contributed by atoms with Crippen LogP contribution in [-0.2, 0) is 16.4 Å². The predicted molar refractivity (Wildman–Crippen MR) is 127 cm³/mol. The molecule has 1 aliphatic carbocycles. The van der Waals surface area contributed by atoms with Crippen molar-refractivity contribution >= 4 is 34.4 Å². The number of carbonyl (C=O) groups is 1. The summed E-state index contributed by atoms with van der Waals surface area (Å²) in [6.07, 6.45) is -3.32. The molecular weight excluding hydrogens is 483 g/mol. The lowest BCUT2D eigenvalue weighted by Crippen LogP contribution is -2.38. The van der Waals surface area contributed by atoms with E-state index in [1.165, 1.54) is 16.2 Å². The highest BCUT2D eigenvalue weighted by Gasteiger charge is 2.42. The maximum absolute atomic E-state index is 13.5. The molecule has 4 nitrogen and oxygen atoms in total. The zero-order chi connectivity index (χ0) is 25.0. The summed E-state index contributed by atoms with van der Waals surface area (Å²) in [5.41, 5.74) is 6.51. The summed E-state index contributed by atoms with van der Waals surface area (Å²) in [5.74, 6) is -0.798. The molecule has 2 aromatic rings. The summed E-state index contributed by atoms with van der Waals surface area (Å²) in [6, 6.07) is 8.98. The highest BCUT2D eigenvalue weighted by molar-refractivity contribution is 7.12. The number of nitrogens with zero attached hydrogens (tertiary/aromatic N) is 2. The Labute approximate surface area is 205 Å². The van der Waals surface area contributed by atoms with Gasteiger partial charge in [-0.3, -0.25) is 9.69 Å². The van der Waals surface area contributed by atoms with Crippen LogP contribution in [0.2, 0.25) is 5.02 Å². The molecule has 9 heteroatoms. The fourth-order valence-corrected chi connectivity index (χ4v) is 5.81. The average Bonchev–Trinajstić information content (AvgIpc) is 3.23. The summed E-state index contributed by atoms with van der Waals surface area (Å²) in [5, 5.41) is 10.1. The molecule has 1 aromatic carbocycles. The van der Waals surface area contributed by atoms with Gasteiger partial charge in [0.05, 0.1) is 33.8 Å². The number of ketones is 1.